The molecule has 3 aliphatic heterocycles. The molecule has 13 nitrogen and oxygen atoms in total. The number of hydrogen-bond acceptors (Lipinski definition) is 9. The average Bonchev–Trinajstić information content (AvgIpc) is 3.80. The Morgan fingerprint density at radius 2 is 1.66 bits per heavy atom. The first kappa shape index (κ1) is 40.2. The van der Waals surface area contributed by atoms with Gasteiger partial charge in [0.25, 0.3) is 5.91 Å². The number of hydrogen-bond donors (Lipinski definition) is 4. The largest absolute Gasteiger partial charge is 0.381 e. The molecule has 1 unspecified atom stereocenters. The standard InChI is InChI=1S/C46H49F2N9O4/c1-55-41-25-28(4-7-36(41)43(54-55)37-9-11-42(58)50-46(37)60)3-2-14-56-15-17-57(18-16-56)34-6-8-35(40(27-34)49-33-12-19-61-20-13-33)45(59)51-44-38-24-29(5-10-39(38)52-53-44)21-30-22-31(47)26-32(48)23-30/h4-8,10,22-27,33,37,49H,2-3,9,11-21H2,1H3,(H,50,58,60)(H2,51,52,53,59). The highest BCUT2D eigenvalue weighted by Gasteiger charge is 2.32. The normalized spacial score (nSPS) is 17.9. The van der Waals surface area contributed by atoms with Crippen LogP contribution in [0.1, 0.15) is 70.8 Å². The highest BCUT2D eigenvalue weighted by molar-refractivity contribution is 6.11. The number of nitrogens with one attached hydrogen (secondary N) is 4. The van der Waals surface area contributed by atoms with Gasteiger partial charge in [0, 0.05) is 87.1 Å². The zero-order chi connectivity index (χ0) is 42.0. The number of imide groups is 1. The van der Waals surface area contributed by atoms with Gasteiger partial charge in [-0.15, -0.1) is 0 Å². The summed E-state index contributed by atoms with van der Waals surface area (Å²) in [5.41, 5.74) is 7.33. The summed E-state index contributed by atoms with van der Waals surface area (Å²) in [6.07, 6.45) is 4.72. The van der Waals surface area contributed by atoms with Gasteiger partial charge >= 0.3 is 0 Å². The number of halogens is 2. The second kappa shape index (κ2) is 17.4. The van der Waals surface area contributed by atoms with Crippen molar-refractivity contribution >= 4 is 56.7 Å². The molecule has 3 aliphatic rings. The van der Waals surface area contributed by atoms with E-state index in [1.807, 2.05) is 42.1 Å². The van der Waals surface area contributed by atoms with Gasteiger partial charge in [0.2, 0.25) is 11.8 Å². The second-order valence-electron chi connectivity index (χ2n) is 16.4. The minimum absolute atomic E-state index is 0.166. The number of piperidine rings is 1. The maximum absolute atomic E-state index is 14.0. The Morgan fingerprint density at radius 3 is 2.44 bits per heavy atom. The van der Waals surface area contributed by atoms with E-state index in [2.05, 4.69) is 65.3 Å². The Hall–Kier alpha value is -6.19. The van der Waals surface area contributed by atoms with Crippen molar-refractivity contribution in [3.63, 3.8) is 0 Å². The lowest BCUT2D eigenvalue weighted by Crippen LogP contribution is -2.46. The van der Waals surface area contributed by atoms with Crippen molar-refractivity contribution in [2.24, 2.45) is 7.05 Å². The first-order valence-electron chi connectivity index (χ1n) is 21.1. The molecule has 61 heavy (non-hydrogen) atoms. The van der Waals surface area contributed by atoms with E-state index in [0.29, 0.717) is 54.8 Å². The summed E-state index contributed by atoms with van der Waals surface area (Å²) < 4.78 is 35.2. The molecule has 3 saturated heterocycles. The van der Waals surface area contributed by atoms with Crippen molar-refractivity contribution in [3.05, 3.63) is 112 Å². The number of aromatic amines is 1. The lowest BCUT2D eigenvalue weighted by Gasteiger charge is -2.36. The van der Waals surface area contributed by atoms with Crippen molar-refractivity contribution in [2.45, 2.75) is 56.9 Å². The van der Waals surface area contributed by atoms with Gasteiger partial charge in [-0.2, -0.15) is 10.2 Å². The smallest absolute Gasteiger partial charge is 0.258 e. The van der Waals surface area contributed by atoms with Gasteiger partial charge < -0.3 is 20.3 Å². The number of carbonyl (C=O) groups is 3. The molecule has 4 N–H and O–H groups in total. The first-order valence-corrected chi connectivity index (χ1v) is 21.1. The molecule has 15 heteroatoms. The Labute approximate surface area is 351 Å². The molecule has 2 aromatic heterocycles. The van der Waals surface area contributed by atoms with Crippen molar-refractivity contribution < 1.29 is 27.9 Å². The maximum Gasteiger partial charge on any atom is 0.258 e. The Morgan fingerprint density at radius 1 is 0.869 bits per heavy atom. The third kappa shape index (κ3) is 8.98. The lowest BCUT2D eigenvalue weighted by atomic mass is 9.92. The molecule has 1 atom stereocenters. The monoisotopic (exact) mass is 829 g/mol. The predicted molar refractivity (Wildman–Crippen MR) is 230 cm³/mol. The summed E-state index contributed by atoms with van der Waals surface area (Å²) >= 11 is 0. The molecular weight excluding hydrogens is 781 g/mol. The third-order valence-electron chi connectivity index (χ3n) is 12.2. The number of carbonyl (C=O) groups excluding carboxylic acids is 3. The van der Waals surface area contributed by atoms with Gasteiger partial charge in [-0.1, -0.05) is 18.2 Å². The molecule has 0 aliphatic carbocycles. The highest BCUT2D eigenvalue weighted by Crippen LogP contribution is 2.32. The molecule has 3 fully saturated rings. The van der Waals surface area contributed by atoms with E-state index in [1.54, 1.807) is 0 Å². The molecule has 316 valence electrons. The molecule has 4 aromatic carbocycles. The van der Waals surface area contributed by atoms with Crippen LogP contribution >= 0.6 is 0 Å². The third-order valence-corrected chi connectivity index (χ3v) is 12.2. The van der Waals surface area contributed by atoms with Gasteiger partial charge in [0.05, 0.1) is 28.2 Å². The van der Waals surface area contributed by atoms with Crippen LogP contribution < -0.4 is 20.9 Å². The number of piperazine rings is 1. The van der Waals surface area contributed by atoms with E-state index in [-0.39, 0.29) is 23.8 Å². The number of H-pyrrole nitrogens is 1. The molecular formula is C46H49F2N9O4. The first-order chi connectivity index (χ1) is 29.6. The Bertz CT molecular complexity index is 2590. The van der Waals surface area contributed by atoms with E-state index in [1.165, 1.54) is 17.7 Å². The molecule has 0 spiro atoms. The van der Waals surface area contributed by atoms with Gasteiger partial charge in [-0.3, -0.25) is 34.4 Å². The molecule has 5 heterocycles. The number of amides is 3. The molecule has 0 saturated carbocycles. The van der Waals surface area contributed by atoms with E-state index in [4.69, 9.17) is 4.74 Å². The number of ether oxygens (including phenoxy) is 1. The minimum atomic E-state index is -0.625. The summed E-state index contributed by atoms with van der Waals surface area (Å²) in [6, 6.07) is 21.6. The molecule has 6 aromatic rings. The number of aryl methyl sites for hydroxylation is 2. The Kier molecular flexibility index (Phi) is 11.5. The molecule has 9 rings (SSSR count). The van der Waals surface area contributed by atoms with E-state index >= 15 is 0 Å². The van der Waals surface area contributed by atoms with Crippen LogP contribution in [0.2, 0.25) is 0 Å². The summed E-state index contributed by atoms with van der Waals surface area (Å²) in [5.74, 6) is -2.09. The quantitative estimate of drug-likeness (QED) is 0.102. The zero-order valence-corrected chi connectivity index (χ0v) is 34.1. The molecule has 3 amide bonds. The van der Waals surface area contributed by atoms with Crippen molar-refractivity contribution in [1.29, 1.82) is 0 Å². The van der Waals surface area contributed by atoms with Crippen LogP contribution in [0.25, 0.3) is 21.8 Å². The van der Waals surface area contributed by atoms with Crippen molar-refractivity contribution in [3.8, 4) is 0 Å². The van der Waals surface area contributed by atoms with Gasteiger partial charge in [-0.25, -0.2) is 8.78 Å². The van der Waals surface area contributed by atoms with E-state index in [9.17, 15) is 23.2 Å². The van der Waals surface area contributed by atoms with E-state index in [0.717, 1.165) is 104 Å². The number of aromatic nitrogens is 4. The number of rotatable bonds is 12. The number of fused-ring (bicyclic) bond motifs is 2. The minimum Gasteiger partial charge on any atom is -0.381 e. The number of benzene rings is 4. The lowest BCUT2D eigenvalue weighted by molar-refractivity contribution is -0.134. The molecule has 0 radical (unpaired) electrons. The second-order valence-corrected chi connectivity index (χ2v) is 16.4. The van der Waals surface area contributed by atoms with Gasteiger partial charge in [-0.05, 0) is 110 Å². The maximum atomic E-state index is 14.0. The summed E-state index contributed by atoms with van der Waals surface area (Å²) in [4.78, 5) is 43.1. The van der Waals surface area contributed by atoms with E-state index < -0.39 is 17.6 Å². The fourth-order valence-electron chi connectivity index (χ4n) is 8.93. The summed E-state index contributed by atoms with van der Waals surface area (Å²) in [7, 11) is 1.90. The average molecular weight is 830 g/mol. The van der Waals surface area contributed by atoms with Crippen LogP contribution in [0.15, 0.2) is 72.8 Å². The van der Waals surface area contributed by atoms with Crippen molar-refractivity contribution in [2.75, 3.05) is 61.5 Å². The predicted octanol–water partition coefficient (Wildman–Crippen LogP) is 6.44. The van der Waals surface area contributed by atoms with Crippen LogP contribution in [0, 0.1) is 11.6 Å². The topological polar surface area (TPSA) is 150 Å². The zero-order valence-electron chi connectivity index (χ0n) is 34.1. The number of nitrogens with zero attached hydrogens (tertiary/aromatic N) is 5. The fraction of sp³-hybridized carbons (Fsp3) is 0.370. The number of anilines is 3. The van der Waals surface area contributed by atoms with Crippen LogP contribution in [-0.4, -0.2) is 94.6 Å². The van der Waals surface area contributed by atoms with Crippen LogP contribution in [-0.2, 0) is 34.2 Å². The van der Waals surface area contributed by atoms with Crippen molar-refractivity contribution in [1.82, 2.24) is 30.2 Å². The van der Waals surface area contributed by atoms with Crippen LogP contribution in [0.4, 0.5) is 26.0 Å². The van der Waals surface area contributed by atoms with Gasteiger partial charge in [0.1, 0.15) is 11.6 Å². The fourth-order valence-corrected chi connectivity index (χ4v) is 8.93. The van der Waals surface area contributed by atoms with Gasteiger partial charge in [0.15, 0.2) is 5.82 Å². The Balaban J connectivity index is 0.835. The van der Waals surface area contributed by atoms with Crippen LogP contribution in [0.5, 0.6) is 0 Å². The highest BCUT2D eigenvalue weighted by atomic mass is 19.1. The summed E-state index contributed by atoms with van der Waals surface area (Å²) in [6.45, 7) is 5.85. The summed E-state index contributed by atoms with van der Waals surface area (Å²) in [5, 5.41) is 22.9. The molecule has 0 bridgehead atoms. The SMILES string of the molecule is Cn1nc(C2CCC(=O)NC2=O)c2ccc(CCCN3CCN(c4ccc(C(=O)Nc5n[nH]c6ccc(Cc7cc(F)cc(F)c7)cc56)c(NC5CCOCC5)c4)CC3)cc21. The van der Waals surface area contributed by atoms with Crippen LogP contribution in [0.3, 0.4) is 0 Å².